The summed E-state index contributed by atoms with van der Waals surface area (Å²) in [6.07, 6.45) is 4.46. The lowest BCUT2D eigenvalue weighted by molar-refractivity contribution is 0.922. The van der Waals surface area contributed by atoms with Crippen LogP contribution in [0.2, 0.25) is 0 Å². The van der Waals surface area contributed by atoms with Crippen LogP contribution in [0, 0.1) is 0 Å². The second kappa shape index (κ2) is 15.0. The molecule has 0 saturated carbocycles. The van der Waals surface area contributed by atoms with Crippen molar-refractivity contribution in [3.05, 3.63) is 193 Å². The molecule has 0 spiro atoms. The predicted molar refractivity (Wildman–Crippen MR) is 224 cm³/mol. The van der Waals surface area contributed by atoms with Crippen LogP contribution in [0.25, 0.3) is 32.7 Å². The van der Waals surface area contributed by atoms with Gasteiger partial charge in [0.05, 0.1) is 11.4 Å². The number of hydrogen-bond acceptors (Lipinski definition) is 2. The SMILES string of the molecule is CCCc1ccc(N(c2ccc(-c3ccc(N(c4ccc(CCC)cc4)c4cccc5ccccc45)cc3)cc2)c2cccc3ccccc23)cc1. The van der Waals surface area contributed by atoms with Crippen LogP contribution in [0.1, 0.15) is 37.8 Å². The highest BCUT2D eigenvalue weighted by Gasteiger charge is 2.17. The van der Waals surface area contributed by atoms with Gasteiger partial charge in [-0.2, -0.15) is 0 Å². The first-order chi connectivity index (χ1) is 25.7. The molecule has 8 aromatic carbocycles. The molecule has 2 nitrogen and oxygen atoms in total. The average molecular weight is 673 g/mol. The summed E-state index contributed by atoms with van der Waals surface area (Å²) in [5.74, 6) is 0. The molecule has 8 rings (SSSR count). The van der Waals surface area contributed by atoms with Crippen LogP contribution in [0.5, 0.6) is 0 Å². The maximum Gasteiger partial charge on any atom is 0.0540 e. The van der Waals surface area contributed by atoms with Crippen molar-refractivity contribution in [2.45, 2.75) is 39.5 Å². The van der Waals surface area contributed by atoms with E-state index in [9.17, 15) is 0 Å². The lowest BCUT2D eigenvalue weighted by atomic mass is 10.0. The van der Waals surface area contributed by atoms with E-state index in [-0.39, 0.29) is 0 Å². The smallest absolute Gasteiger partial charge is 0.0540 e. The van der Waals surface area contributed by atoms with E-state index < -0.39 is 0 Å². The molecule has 254 valence electrons. The highest BCUT2D eigenvalue weighted by atomic mass is 15.1. The normalized spacial score (nSPS) is 11.2. The minimum Gasteiger partial charge on any atom is -0.310 e. The Kier molecular flexibility index (Phi) is 9.54. The van der Waals surface area contributed by atoms with Crippen LogP contribution in [0.3, 0.4) is 0 Å². The summed E-state index contributed by atoms with van der Waals surface area (Å²) in [6, 6.07) is 66.6. The topological polar surface area (TPSA) is 6.48 Å². The van der Waals surface area contributed by atoms with E-state index in [0.29, 0.717) is 0 Å². The maximum atomic E-state index is 2.39. The molecular formula is C50H44N2. The number of aryl methyl sites for hydroxylation is 2. The quantitative estimate of drug-likeness (QED) is 0.135. The lowest BCUT2D eigenvalue weighted by Gasteiger charge is -2.28. The van der Waals surface area contributed by atoms with Crippen molar-refractivity contribution in [3.8, 4) is 11.1 Å². The number of anilines is 6. The molecule has 0 atom stereocenters. The Bertz CT molecular complexity index is 2220. The second-order valence-corrected chi connectivity index (χ2v) is 13.6. The van der Waals surface area contributed by atoms with Gasteiger partial charge in [-0.15, -0.1) is 0 Å². The first-order valence-electron chi connectivity index (χ1n) is 18.6. The molecule has 0 heterocycles. The van der Waals surface area contributed by atoms with Crippen LogP contribution in [0.15, 0.2) is 182 Å². The van der Waals surface area contributed by atoms with Gasteiger partial charge in [-0.05, 0) is 107 Å². The Morgan fingerprint density at radius 1 is 0.327 bits per heavy atom. The Labute approximate surface area is 308 Å². The molecule has 0 fully saturated rings. The molecule has 0 N–H and O–H groups in total. The number of rotatable bonds is 11. The molecule has 8 aromatic rings. The Balaban J connectivity index is 1.15. The van der Waals surface area contributed by atoms with E-state index >= 15 is 0 Å². The summed E-state index contributed by atoms with van der Waals surface area (Å²) in [4.78, 5) is 4.78. The van der Waals surface area contributed by atoms with Crippen molar-refractivity contribution in [3.63, 3.8) is 0 Å². The molecular weight excluding hydrogens is 629 g/mol. The lowest BCUT2D eigenvalue weighted by Crippen LogP contribution is -2.10. The molecule has 52 heavy (non-hydrogen) atoms. The van der Waals surface area contributed by atoms with Gasteiger partial charge in [-0.3, -0.25) is 0 Å². The van der Waals surface area contributed by atoms with E-state index in [0.717, 1.165) is 48.4 Å². The Morgan fingerprint density at radius 3 is 1.02 bits per heavy atom. The van der Waals surface area contributed by atoms with Gasteiger partial charge in [0.1, 0.15) is 0 Å². The maximum absolute atomic E-state index is 2.39. The predicted octanol–water partition coefficient (Wildman–Crippen LogP) is 14.5. The van der Waals surface area contributed by atoms with E-state index in [1.54, 1.807) is 0 Å². The highest BCUT2D eigenvalue weighted by Crippen LogP contribution is 2.42. The van der Waals surface area contributed by atoms with Gasteiger partial charge in [0, 0.05) is 33.5 Å². The number of fused-ring (bicyclic) bond motifs is 2. The van der Waals surface area contributed by atoms with Crippen molar-refractivity contribution in [2.24, 2.45) is 0 Å². The Hall–Kier alpha value is -6.12. The van der Waals surface area contributed by atoms with Crippen LogP contribution < -0.4 is 9.80 Å². The zero-order chi connectivity index (χ0) is 35.3. The summed E-state index contributed by atoms with van der Waals surface area (Å²) >= 11 is 0. The highest BCUT2D eigenvalue weighted by molar-refractivity contribution is 6.00. The summed E-state index contributed by atoms with van der Waals surface area (Å²) in [7, 11) is 0. The summed E-state index contributed by atoms with van der Waals surface area (Å²) in [5, 5.41) is 4.94. The first-order valence-corrected chi connectivity index (χ1v) is 18.6. The number of hydrogen-bond donors (Lipinski definition) is 0. The first kappa shape index (κ1) is 33.0. The van der Waals surface area contributed by atoms with Gasteiger partial charge in [0.15, 0.2) is 0 Å². The number of benzene rings is 8. The fourth-order valence-corrected chi connectivity index (χ4v) is 7.47. The molecule has 0 aliphatic carbocycles. The molecule has 0 bridgehead atoms. The van der Waals surface area contributed by atoms with Gasteiger partial charge in [-0.25, -0.2) is 0 Å². The molecule has 2 heteroatoms. The largest absolute Gasteiger partial charge is 0.310 e. The van der Waals surface area contributed by atoms with E-state index in [2.05, 4.69) is 206 Å². The molecule has 0 aliphatic rings. The van der Waals surface area contributed by atoms with Gasteiger partial charge >= 0.3 is 0 Å². The van der Waals surface area contributed by atoms with Crippen LogP contribution >= 0.6 is 0 Å². The van der Waals surface area contributed by atoms with Crippen LogP contribution in [-0.2, 0) is 12.8 Å². The second-order valence-electron chi connectivity index (χ2n) is 13.6. The van der Waals surface area contributed by atoms with Gasteiger partial charge in [0.25, 0.3) is 0 Å². The van der Waals surface area contributed by atoms with Crippen LogP contribution in [-0.4, -0.2) is 0 Å². The summed E-state index contributed by atoms with van der Waals surface area (Å²) < 4.78 is 0. The van der Waals surface area contributed by atoms with Crippen molar-refractivity contribution in [2.75, 3.05) is 9.80 Å². The van der Waals surface area contributed by atoms with Crippen molar-refractivity contribution in [1.82, 2.24) is 0 Å². The van der Waals surface area contributed by atoms with Crippen molar-refractivity contribution in [1.29, 1.82) is 0 Å². The molecule has 0 amide bonds. The van der Waals surface area contributed by atoms with Gasteiger partial charge in [-0.1, -0.05) is 148 Å². The molecule has 0 unspecified atom stereocenters. The van der Waals surface area contributed by atoms with E-state index in [4.69, 9.17) is 0 Å². The zero-order valence-corrected chi connectivity index (χ0v) is 30.0. The van der Waals surface area contributed by atoms with Gasteiger partial charge in [0.2, 0.25) is 0 Å². The summed E-state index contributed by atoms with van der Waals surface area (Å²) in [6.45, 7) is 4.47. The molecule has 0 aromatic heterocycles. The summed E-state index contributed by atoms with van der Waals surface area (Å²) in [5.41, 5.74) is 12.0. The zero-order valence-electron chi connectivity index (χ0n) is 30.0. The fourth-order valence-electron chi connectivity index (χ4n) is 7.47. The monoisotopic (exact) mass is 672 g/mol. The average Bonchev–Trinajstić information content (AvgIpc) is 3.20. The minimum atomic E-state index is 1.09. The Morgan fingerprint density at radius 2 is 0.654 bits per heavy atom. The van der Waals surface area contributed by atoms with Crippen LogP contribution in [0.4, 0.5) is 34.1 Å². The van der Waals surface area contributed by atoms with Crippen molar-refractivity contribution < 1.29 is 0 Å². The third-order valence-electron chi connectivity index (χ3n) is 10.1. The number of nitrogens with zero attached hydrogens (tertiary/aromatic N) is 2. The molecule has 0 radical (unpaired) electrons. The third kappa shape index (κ3) is 6.68. The molecule has 0 aliphatic heterocycles. The standard InChI is InChI=1S/C50H44N2/c1-3-11-37-21-29-43(30-22-37)51(49-19-9-15-41-13-5-7-17-47(41)49)45-33-25-39(26-34-45)40-27-35-46(36-28-40)52(44-31-23-38(12-4-2)24-32-44)50-20-10-16-42-14-6-8-18-48(42)50/h5-10,13-36H,3-4,11-12H2,1-2H3. The van der Waals surface area contributed by atoms with Gasteiger partial charge < -0.3 is 9.80 Å². The molecule has 0 saturated heterocycles. The van der Waals surface area contributed by atoms with Crippen molar-refractivity contribution >= 4 is 55.7 Å². The third-order valence-corrected chi connectivity index (χ3v) is 10.1. The van der Waals surface area contributed by atoms with E-state index in [1.807, 2.05) is 0 Å². The minimum absolute atomic E-state index is 1.09. The fraction of sp³-hybridized carbons (Fsp3) is 0.120. The van der Waals surface area contributed by atoms with E-state index in [1.165, 1.54) is 55.2 Å².